The molecule has 0 saturated heterocycles. The van der Waals surface area contributed by atoms with Gasteiger partial charge in [0.2, 0.25) is 0 Å². The topological polar surface area (TPSA) is 46.0 Å². The van der Waals surface area contributed by atoms with Gasteiger partial charge < -0.3 is 10.2 Å². The predicted octanol–water partition coefficient (Wildman–Crippen LogP) is 0.769. The Kier molecular flexibility index (Phi) is 5.42. The monoisotopic (exact) mass is 225 g/mol. The van der Waals surface area contributed by atoms with Crippen molar-refractivity contribution >= 4 is 0 Å². The molecule has 5 nitrogen and oxygen atoms in total. The van der Waals surface area contributed by atoms with Crippen LogP contribution in [0.25, 0.3) is 0 Å². The molecule has 1 rings (SSSR count). The van der Waals surface area contributed by atoms with Gasteiger partial charge in [-0.1, -0.05) is 13.8 Å². The number of hydrogen-bond donors (Lipinski definition) is 1. The second-order valence-corrected chi connectivity index (χ2v) is 4.60. The summed E-state index contributed by atoms with van der Waals surface area (Å²) in [5.41, 5.74) is 0. The molecule has 0 aliphatic rings. The fraction of sp³-hybridized carbons (Fsp3) is 0.818. The SMILES string of the molecule is CC(C)NCCN(C)CC(C)n1cncn1. The van der Waals surface area contributed by atoms with E-state index in [9.17, 15) is 0 Å². The summed E-state index contributed by atoms with van der Waals surface area (Å²) >= 11 is 0. The summed E-state index contributed by atoms with van der Waals surface area (Å²) in [6.07, 6.45) is 3.35. The van der Waals surface area contributed by atoms with Gasteiger partial charge in [0.1, 0.15) is 12.7 Å². The second-order valence-electron chi connectivity index (χ2n) is 4.60. The Balaban J connectivity index is 2.21. The molecule has 1 aromatic rings. The van der Waals surface area contributed by atoms with Crippen molar-refractivity contribution in [3.05, 3.63) is 12.7 Å². The van der Waals surface area contributed by atoms with Crippen molar-refractivity contribution in [2.75, 3.05) is 26.7 Å². The highest BCUT2D eigenvalue weighted by molar-refractivity contribution is 4.68. The normalized spacial score (nSPS) is 13.6. The average molecular weight is 225 g/mol. The number of nitrogens with zero attached hydrogens (tertiary/aromatic N) is 4. The molecular weight excluding hydrogens is 202 g/mol. The fourth-order valence-corrected chi connectivity index (χ4v) is 1.62. The molecule has 5 heteroatoms. The lowest BCUT2D eigenvalue weighted by Crippen LogP contribution is -2.35. The predicted molar refractivity (Wildman–Crippen MR) is 65.4 cm³/mol. The van der Waals surface area contributed by atoms with Gasteiger partial charge in [-0.25, -0.2) is 9.67 Å². The Bertz CT molecular complexity index is 270. The molecule has 1 aromatic heterocycles. The number of likely N-dealkylation sites (N-methyl/N-ethyl adjacent to an activating group) is 1. The van der Waals surface area contributed by atoms with Gasteiger partial charge in [-0.2, -0.15) is 5.10 Å². The van der Waals surface area contributed by atoms with Crippen LogP contribution in [0.1, 0.15) is 26.8 Å². The van der Waals surface area contributed by atoms with Gasteiger partial charge in [0.15, 0.2) is 0 Å². The van der Waals surface area contributed by atoms with E-state index in [2.05, 4.69) is 48.1 Å². The first-order valence-corrected chi connectivity index (χ1v) is 5.85. The molecule has 0 fully saturated rings. The van der Waals surface area contributed by atoms with Crippen LogP contribution in [-0.4, -0.2) is 52.4 Å². The van der Waals surface area contributed by atoms with Gasteiger partial charge in [0.05, 0.1) is 6.04 Å². The van der Waals surface area contributed by atoms with E-state index in [0.29, 0.717) is 12.1 Å². The van der Waals surface area contributed by atoms with Gasteiger partial charge in [-0.15, -0.1) is 0 Å². The highest BCUT2D eigenvalue weighted by Crippen LogP contribution is 2.03. The maximum Gasteiger partial charge on any atom is 0.137 e. The molecule has 0 aromatic carbocycles. The molecule has 16 heavy (non-hydrogen) atoms. The Morgan fingerprint density at radius 3 is 2.69 bits per heavy atom. The minimum Gasteiger partial charge on any atom is -0.313 e. The minimum absolute atomic E-state index is 0.367. The third-order valence-corrected chi connectivity index (χ3v) is 2.51. The van der Waals surface area contributed by atoms with Crippen molar-refractivity contribution in [2.24, 2.45) is 0 Å². The van der Waals surface area contributed by atoms with E-state index in [0.717, 1.165) is 19.6 Å². The van der Waals surface area contributed by atoms with Crippen LogP contribution in [0.5, 0.6) is 0 Å². The highest BCUT2D eigenvalue weighted by Gasteiger charge is 2.08. The van der Waals surface area contributed by atoms with E-state index in [-0.39, 0.29) is 0 Å². The van der Waals surface area contributed by atoms with Crippen LogP contribution in [0.15, 0.2) is 12.7 Å². The summed E-state index contributed by atoms with van der Waals surface area (Å²) in [5, 5.41) is 7.55. The Morgan fingerprint density at radius 1 is 1.38 bits per heavy atom. The Morgan fingerprint density at radius 2 is 2.12 bits per heavy atom. The van der Waals surface area contributed by atoms with Crippen molar-refractivity contribution in [1.29, 1.82) is 0 Å². The van der Waals surface area contributed by atoms with E-state index >= 15 is 0 Å². The molecule has 0 aliphatic carbocycles. The molecule has 0 spiro atoms. The van der Waals surface area contributed by atoms with Crippen LogP contribution < -0.4 is 5.32 Å². The van der Waals surface area contributed by atoms with E-state index in [4.69, 9.17) is 0 Å². The number of hydrogen-bond acceptors (Lipinski definition) is 4. The van der Waals surface area contributed by atoms with Crippen molar-refractivity contribution in [3.63, 3.8) is 0 Å². The molecule has 1 heterocycles. The van der Waals surface area contributed by atoms with Crippen molar-refractivity contribution in [3.8, 4) is 0 Å². The molecule has 0 bridgehead atoms. The summed E-state index contributed by atoms with van der Waals surface area (Å²) in [7, 11) is 2.13. The van der Waals surface area contributed by atoms with Crippen LogP contribution >= 0.6 is 0 Å². The third kappa shape index (κ3) is 4.72. The van der Waals surface area contributed by atoms with Crippen LogP contribution in [0.3, 0.4) is 0 Å². The van der Waals surface area contributed by atoms with Crippen LogP contribution in [0.4, 0.5) is 0 Å². The Labute approximate surface area is 97.9 Å². The van der Waals surface area contributed by atoms with Gasteiger partial charge in [-0.05, 0) is 14.0 Å². The maximum absolute atomic E-state index is 4.14. The summed E-state index contributed by atoms with van der Waals surface area (Å²) < 4.78 is 1.90. The van der Waals surface area contributed by atoms with Crippen molar-refractivity contribution in [1.82, 2.24) is 25.0 Å². The zero-order valence-electron chi connectivity index (χ0n) is 10.7. The van der Waals surface area contributed by atoms with E-state index in [1.165, 1.54) is 0 Å². The lowest BCUT2D eigenvalue weighted by atomic mass is 10.3. The lowest BCUT2D eigenvalue weighted by Gasteiger charge is -2.21. The van der Waals surface area contributed by atoms with E-state index < -0.39 is 0 Å². The summed E-state index contributed by atoms with van der Waals surface area (Å²) in [6.45, 7) is 9.55. The molecule has 0 radical (unpaired) electrons. The Hall–Kier alpha value is -0.940. The quantitative estimate of drug-likeness (QED) is 0.744. The fourth-order valence-electron chi connectivity index (χ4n) is 1.62. The van der Waals surface area contributed by atoms with Gasteiger partial charge in [0.25, 0.3) is 0 Å². The summed E-state index contributed by atoms with van der Waals surface area (Å²) in [5.74, 6) is 0. The van der Waals surface area contributed by atoms with E-state index in [1.807, 2.05) is 4.68 Å². The number of rotatable bonds is 7. The zero-order chi connectivity index (χ0) is 12.0. The molecule has 1 atom stereocenters. The highest BCUT2D eigenvalue weighted by atomic mass is 15.3. The van der Waals surface area contributed by atoms with Gasteiger partial charge in [-0.3, -0.25) is 0 Å². The molecule has 0 aliphatic heterocycles. The third-order valence-electron chi connectivity index (χ3n) is 2.51. The summed E-state index contributed by atoms with van der Waals surface area (Å²) in [4.78, 5) is 6.26. The van der Waals surface area contributed by atoms with Gasteiger partial charge >= 0.3 is 0 Å². The van der Waals surface area contributed by atoms with Gasteiger partial charge in [0, 0.05) is 25.7 Å². The summed E-state index contributed by atoms with van der Waals surface area (Å²) in [6, 6.07) is 0.924. The van der Waals surface area contributed by atoms with Crippen LogP contribution in [0, 0.1) is 0 Å². The first-order chi connectivity index (χ1) is 7.59. The average Bonchev–Trinajstić information content (AvgIpc) is 2.69. The molecule has 1 N–H and O–H groups in total. The molecule has 0 saturated carbocycles. The van der Waals surface area contributed by atoms with Crippen molar-refractivity contribution in [2.45, 2.75) is 32.9 Å². The second kappa shape index (κ2) is 6.60. The largest absolute Gasteiger partial charge is 0.313 e. The maximum atomic E-state index is 4.14. The molecule has 1 unspecified atom stereocenters. The minimum atomic E-state index is 0.367. The van der Waals surface area contributed by atoms with Crippen LogP contribution in [-0.2, 0) is 0 Å². The lowest BCUT2D eigenvalue weighted by molar-refractivity contribution is 0.273. The first kappa shape index (κ1) is 13.1. The molecule has 0 amide bonds. The number of nitrogens with one attached hydrogen (secondary N) is 1. The zero-order valence-corrected chi connectivity index (χ0v) is 10.7. The van der Waals surface area contributed by atoms with E-state index in [1.54, 1.807) is 12.7 Å². The smallest absolute Gasteiger partial charge is 0.137 e. The van der Waals surface area contributed by atoms with Crippen LogP contribution in [0.2, 0.25) is 0 Å². The van der Waals surface area contributed by atoms with Crippen molar-refractivity contribution < 1.29 is 0 Å². The first-order valence-electron chi connectivity index (χ1n) is 5.85. The molecular formula is C11H23N5. The number of aromatic nitrogens is 3. The molecule has 92 valence electrons. The standard InChI is InChI=1S/C11H23N5/c1-10(2)13-5-6-15(4)7-11(3)16-9-12-8-14-16/h8-11,13H,5-7H2,1-4H3.